The van der Waals surface area contributed by atoms with Crippen LogP contribution < -0.4 is 0 Å². The Balaban J connectivity index is 2.00. The maximum Gasteiger partial charge on any atom is 0.159 e. The fraction of sp³-hybridized carbons (Fsp3) is 0.500. The zero-order valence-electron chi connectivity index (χ0n) is 8.51. The maximum absolute atomic E-state index is 12.9. The molecule has 0 unspecified atom stereocenters. The quantitative estimate of drug-likeness (QED) is 0.732. The van der Waals surface area contributed by atoms with Crippen molar-refractivity contribution in [3.63, 3.8) is 0 Å². The van der Waals surface area contributed by atoms with Crippen LogP contribution in [0.3, 0.4) is 0 Å². The van der Waals surface area contributed by atoms with Crippen molar-refractivity contribution >= 4 is 0 Å². The summed E-state index contributed by atoms with van der Waals surface area (Å²) in [6, 6.07) is 4.16. The van der Waals surface area contributed by atoms with Crippen LogP contribution in [0.5, 0.6) is 0 Å². The van der Waals surface area contributed by atoms with Crippen LogP contribution in [0, 0.1) is 17.6 Å². The van der Waals surface area contributed by atoms with Crippen LogP contribution >= 0.6 is 0 Å². The highest BCUT2D eigenvalue weighted by Gasteiger charge is 2.14. The predicted molar refractivity (Wildman–Crippen MR) is 53.6 cm³/mol. The molecule has 0 aliphatic carbocycles. The molecule has 2 rings (SSSR count). The van der Waals surface area contributed by atoms with Gasteiger partial charge in [0, 0.05) is 13.2 Å². The van der Waals surface area contributed by atoms with Gasteiger partial charge in [0.15, 0.2) is 11.6 Å². The third-order valence-corrected chi connectivity index (χ3v) is 2.85. The number of benzene rings is 1. The minimum Gasteiger partial charge on any atom is -0.381 e. The summed E-state index contributed by atoms with van der Waals surface area (Å²) in [6.07, 6.45) is 2.85. The van der Waals surface area contributed by atoms with E-state index in [0.717, 1.165) is 38.0 Å². The lowest BCUT2D eigenvalue weighted by molar-refractivity contribution is 0.0665. The van der Waals surface area contributed by atoms with Gasteiger partial charge in [0.25, 0.3) is 0 Å². The molecule has 0 saturated carbocycles. The fourth-order valence-corrected chi connectivity index (χ4v) is 1.95. The molecule has 82 valence electrons. The molecule has 1 saturated heterocycles. The van der Waals surface area contributed by atoms with Crippen molar-refractivity contribution in [3.8, 4) is 0 Å². The molecule has 0 aromatic heterocycles. The van der Waals surface area contributed by atoms with Gasteiger partial charge in [-0.05, 0) is 42.9 Å². The summed E-state index contributed by atoms with van der Waals surface area (Å²) in [7, 11) is 0. The molecule has 0 spiro atoms. The smallest absolute Gasteiger partial charge is 0.159 e. The first kappa shape index (κ1) is 10.6. The van der Waals surface area contributed by atoms with Gasteiger partial charge in [-0.2, -0.15) is 0 Å². The first-order valence-corrected chi connectivity index (χ1v) is 5.27. The Bertz CT molecular complexity index is 332. The molecule has 1 heterocycles. The Morgan fingerprint density at radius 3 is 2.53 bits per heavy atom. The molecular formula is C12H14F2O. The summed E-state index contributed by atoms with van der Waals surface area (Å²) in [6.45, 7) is 1.57. The summed E-state index contributed by atoms with van der Waals surface area (Å²) in [5.74, 6) is -0.978. The van der Waals surface area contributed by atoms with Crippen molar-refractivity contribution in [1.29, 1.82) is 0 Å². The molecule has 0 N–H and O–H groups in total. The molecule has 1 aromatic carbocycles. The van der Waals surface area contributed by atoms with Crippen molar-refractivity contribution in [3.05, 3.63) is 35.4 Å². The number of hydrogen-bond acceptors (Lipinski definition) is 1. The Hall–Kier alpha value is -0.960. The zero-order valence-corrected chi connectivity index (χ0v) is 8.51. The molecule has 1 nitrogen and oxygen atoms in total. The second-order valence-electron chi connectivity index (χ2n) is 4.01. The second kappa shape index (κ2) is 4.71. The van der Waals surface area contributed by atoms with Crippen molar-refractivity contribution < 1.29 is 13.5 Å². The van der Waals surface area contributed by atoms with E-state index in [1.54, 1.807) is 6.07 Å². The van der Waals surface area contributed by atoms with Crippen LogP contribution in [0.15, 0.2) is 18.2 Å². The molecule has 1 fully saturated rings. The second-order valence-corrected chi connectivity index (χ2v) is 4.01. The van der Waals surface area contributed by atoms with E-state index >= 15 is 0 Å². The van der Waals surface area contributed by atoms with Crippen molar-refractivity contribution in [2.24, 2.45) is 5.92 Å². The van der Waals surface area contributed by atoms with E-state index in [4.69, 9.17) is 4.74 Å². The topological polar surface area (TPSA) is 9.23 Å². The Labute approximate surface area is 88.1 Å². The summed E-state index contributed by atoms with van der Waals surface area (Å²) < 4.78 is 30.9. The summed E-state index contributed by atoms with van der Waals surface area (Å²) in [4.78, 5) is 0. The van der Waals surface area contributed by atoms with E-state index < -0.39 is 11.6 Å². The highest BCUT2D eigenvalue weighted by molar-refractivity contribution is 5.18. The van der Waals surface area contributed by atoms with E-state index in [2.05, 4.69) is 0 Å². The van der Waals surface area contributed by atoms with Gasteiger partial charge >= 0.3 is 0 Å². The molecule has 15 heavy (non-hydrogen) atoms. The third kappa shape index (κ3) is 2.75. The van der Waals surface area contributed by atoms with Crippen LogP contribution in [0.1, 0.15) is 18.4 Å². The molecule has 3 heteroatoms. The van der Waals surface area contributed by atoms with Crippen LogP contribution in [-0.2, 0) is 11.2 Å². The van der Waals surface area contributed by atoms with Gasteiger partial charge in [-0.1, -0.05) is 6.07 Å². The average Bonchev–Trinajstić information content (AvgIpc) is 2.25. The van der Waals surface area contributed by atoms with Crippen LogP contribution in [-0.4, -0.2) is 13.2 Å². The first-order valence-electron chi connectivity index (χ1n) is 5.27. The summed E-state index contributed by atoms with van der Waals surface area (Å²) in [5, 5.41) is 0. The van der Waals surface area contributed by atoms with Gasteiger partial charge in [0.1, 0.15) is 0 Å². The van der Waals surface area contributed by atoms with Gasteiger partial charge in [0.2, 0.25) is 0 Å². The maximum atomic E-state index is 12.9. The minimum atomic E-state index is -0.772. The number of halogens is 2. The molecule has 0 bridgehead atoms. The van der Waals surface area contributed by atoms with Gasteiger partial charge in [-0.25, -0.2) is 8.78 Å². The van der Waals surface area contributed by atoms with Crippen molar-refractivity contribution in [2.75, 3.05) is 13.2 Å². The summed E-state index contributed by atoms with van der Waals surface area (Å²) in [5.41, 5.74) is 0.876. The predicted octanol–water partition coefficient (Wildman–Crippen LogP) is 2.93. The van der Waals surface area contributed by atoms with Crippen LogP contribution in [0.4, 0.5) is 8.78 Å². The van der Waals surface area contributed by atoms with E-state index in [9.17, 15) is 8.78 Å². The van der Waals surface area contributed by atoms with Crippen LogP contribution in [0.25, 0.3) is 0 Å². The van der Waals surface area contributed by atoms with Crippen molar-refractivity contribution in [1.82, 2.24) is 0 Å². The Morgan fingerprint density at radius 1 is 1.13 bits per heavy atom. The van der Waals surface area contributed by atoms with Gasteiger partial charge in [0.05, 0.1) is 0 Å². The molecular weight excluding hydrogens is 198 g/mol. The first-order chi connectivity index (χ1) is 7.25. The SMILES string of the molecule is Fc1ccc(CC2CCOCC2)cc1F. The van der Waals surface area contributed by atoms with Gasteiger partial charge in [-0.15, -0.1) is 0 Å². The van der Waals surface area contributed by atoms with E-state index in [1.807, 2.05) is 0 Å². The van der Waals surface area contributed by atoms with Gasteiger partial charge < -0.3 is 4.74 Å². The van der Waals surface area contributed by atoms with Gasteiger partial charge in [-0.3, -0.25) is 0 Å². The third-order valence-electron chi connectivity index (χ3n) is 2.85. The zero-order chi connectivity index (χ0) is 10.7. The number of rotatable bonds is 2. The molecule has 0 amide bonds. The lowest BCUT2D eigenvalue weighted by Crippen LogP contribution is -2.17. The largest absolute Gasteiger partial charge is 0.381 e. The summed E-state index contributed by atoms with van der Waals surface area (Å²) >= 11 is 0. The van der Waals surface area contributed by atoms with E-state index in [1.165, 1.54) is 12.1 Å². The lowest BCUT2D eigenvalue weighted by atomic mass is 9.92. The highest BCUT2D eigenvalue weighted by Crippen LogP contribution is 2.20. The monoisotopic (exact) mass is 212 g/mol. The fourth-order valence-electron chi connectivity index (χ4n) is 1.95. The van der Waals surface area contributed by atoms with E-state index in [-0.39, 0.29) is 0 Å². The van der Waals surface area contributed by atoms with Crippen LogP contribution in [0.2, 0.25) is 0 Å². The minimum absolute atomic E-state index is 0.545. The Kier molecular flexibility index (Phi) is 3.31. The molecule has 0 atom stereocenters. The lowest BCUT2D eigenvalue weighted by Gasteiger charge is -2.21. The standard InChI is InChI=1S/C12H14F2O/c13-11-2-1-10(8-12(11)14)7-9-3-5-15-6-4-9/h1-2,8-9H,3-7H2. The number of ether oxygens (including phenoxy) is 1. The molecule has 1 aromatic rings. The normalized spacial score (nSPS) is 18.0. The van der Waals surface area contributed by atoms with Crippen molar-refractivity contribution in [2.45, 2.75) is 19.3 Å². The number of hydrogen-bond donors (Lipinski definition) is 0. The molecule has 1 aliphatic rings. The highest BCUT2D eigenvalue weighted by atomic mass is 19.2. The van der Waals surface area contributed by atoms with E-state index in [0.29, 0.717) is 5.92 Å². The molecule has 1 aliphatic heterocycles. The average molecular weight is 212 g/mol. The molecule has 0 radical (unpaired) electrons. The Morgan fingerprint density at radius 2 is 1.87 bits per heavy atom.